The lowest BCUT2D eigenvalue weighted by Crippen LogP contribution is -2.27. The maximum absolute atomic E-state index is 12.9. The molecule has 0 spiro atoms. The standard InChI is InChI=1S/C14H16F3NO3/c1-13(2,3)11(19)7-21-10-5-4-8(12(18)20)6-9(10)14(15,16)17/h4-6H,7H2,1-3H3,(H2,18,20). The molecule has 0 radical (unpaired) electrons. The van der Waals surface area contributed by atoms with Crippen LogP contribution in [0.15, 0.2) is 18.2 Å². The molecule has 0 aliphatic carbocycles. The number of halogens is 3. The largest absolute Gasteiger partial charge is 0.485 e. The molecule has 21 heavy (non-hydrogen) atoms. The third kappa shape index (κ3) is 4.47. The van der Waals surface area contributed by atoms with Gasteiger partial charge in [-0.1, -0.05) is 20.8 Å². The van der Waals surface area contributed by atoms with Crippen molar-refractivity contribution < 1.29 is 27.5 Å². The third-order valence-electron chi connectivity index (χ3n) is 2.76. The van der Waals surface area contributed by atoms with Gasteiger partial charge in [0.05, 0.1) is 5.56 Å². The molecule has 0 saturated carbocycles. The highest BCUT2D eigenvalue weighted by Gasteiger charge is 2.35. The van der Waals surface area contributed by atoms with Crippen LogP contribution in [0.2, 0.25) is 0 Å². The molecule has 116 valence electrons. The Morgan fingerprint density at radius 1 is 1.19 bits per heavy atom. The molecule has 0 unspecified atom stereocenters. The number of nitrogens with two attached hydrogens (primary N) is 1. The summed E-state index contributed by atoms with van der Waals surface area (Å²) >= 11 is 0. The zero-order valence-electron chi connectivity index (χ0n) is 11.9. The number of ether oxygens (including phenoxy) is 1. The number of Topliss-reactive ketones (excluding diaryl/α,β-unsaturated/α-hetero) is 1. The first-order valence-corrected chi connectivity index (χ1v) is 6.10. The van der Waals surface area contributed by atoms with Crippen LogP contribution in [0.4, 0.5) is 13.2 Å². The molecule has 2 N–H and O–H groups in total. The highest BCUT2D eigenvalue weighted by atomic mass is 19.4. The number of ketones is 1. The van der Waals surface area contributed by atoms with Gasteiger partial charge in [0.1, 0.15) is 12.4 Å². The molecule has 0 aromatic heterocycles. The molecule has 4 nitrogen and oxygen atoms in total. The monoisotopic (exact) mass is 303 g/mol. The predicted molar refractivity (Wildman–Crippen MR) is 69.9 cm³/mol. The molecule has 1 aromatic carbocycles. The van der Waals surface area contributed by atoms with Gasteiger partial charge in [0.15, 0.2) is 5.78 Å². The van der Waals surface area contributed by atoms with Crippen LogP contribution in [0.1, 0.15) is 36.7 Å². The molecule has 0 fully saturated rings. The van der Waals surface area contributed by atoms with E-state index in [-0.39, 0.29) is 11.3 Å². The van der Waals surface area contributed by atoms with E-state index >= 15 is 0 Å². The molecule has 0 aliphatic rings. The van der Waals surface area contributed by atoms with Gasteiger partial charge in [-0.3, -0.25) is 9.59 Å². The fraction of sp³-hybridized carbons (Fsp3) is 0.429. The fourth-order valence-electron chi connectivity index (χ4n) is 1.39. The molecule has 1 aromatic rings. The van der Waals surface area contributed by atoms with Crippen molar-refractivity contribution in [1.29, 1.82) is 0 Å². The molecule has 0 atom stereocenters. The summed E-state index contributed by atoms with van der Waals surface area (Å²) < 4.78 is 43.8. The summed E-state index contributed by atoms with van der Waals surface area (Å²) in [6.45, 7) is 4.43. The second kappa shape index (κ2) is 5.75. The lowest BCUT2D eigenvalue weighted by atomic mass is 9.91. The minimum Gasteiger partial charge on any atom is -0.485 e. The summed E-state index contributed by atoms with van der Waals surface area (Å²) in [7, 11) is 0. The van der Waals surface area contributed by atoms with Crippen molar-refractivity contribution >= 4 is 11.7 Å². The Morgan fingerprint density at radius 2 is 1.76 bits per heavy atom. The van der Waals surface area contributed by atoms with Gasteiger partial charge in [0, 0.05) is 11.0 Å². The van der Waals surface area contributed by atoms with Gasteiger partial charge < -0.3 is 10.5 Å². The molecule has 0 heterocycles. The number of primary amides is 1. The fourth-order valence-corrected chi connectivity index (χ4v) is 1.39. The minimum absolute atomic E-state index is 0.281. The average Bonchev–Trinajstić information content (AvgIpc) is 2.33. The van der Waals surface area contributed by atoms with Crippen molar-refractivity contribution in [2.75, 3.05) is 6.61 Å². The molecule has 7 heteroatoms. The van der Waals surface area contributed by atoms with E-state index in [0.717, 1.165) is 12.1 Å². The Balaban J connectivity index is 3.07. The second-order valence-electron chi connectivity index (χ2n) is 5.53. The SMILES string of the molecule is CC(C)(C)C(=O)COc1ccc(C(N)=O)cc1C(F)(F)F. The molecule has 1 amide bonds. The van der Waals surface area contributed by atoms with E-state index in [1.54, 1.807) is 20.8 Å². The Morgan fingerprint density at radius 3 is 2.19 bits per heavy atom. The number of hydrogen-bond donors (Lipinski definition) is 1. The van der Waals surface area contributed by atoms with Crippen molar-refractivity contribution in [3.05, 3.63) is 29.3 Å². The molecular weight excluding hydrogens is 287 g/mol. The number of alkyl halides is 3. The highest BCUT2D eigenvalue weighted by molar-refractivity contribution is 5.93. The van der Waals surface area contributed by atoms with Gasteiger partial charge in [0.25, 0.3) is 0 Å². The Bertz CT molecular complexity index is 560. The minimum atomic E-state index is -4.72. The highest BCUT2D eigenvalue weighted by Crippen LogP contribution is 2.37. The van der Waals surface area contributed by atoms with Crippen molar-refractivity contribution in [2.45, 2.75) is 26.9 Å². The van der Waals surface area contributed by atoms with Crippen LogP contribution in [0.3, 0.4) is 0 Å². The first-order valence-electron chi connectivity index (χ1n) is 6.10. The number of carbonyl (C=O) groups excluding carboxylic acids is 2. The zero-order valence-corrected chi connectivity index (χ0v) is 11.9. The Hall–Kier alpha value is -2.05. The molecule has 1 rings (SSSR count). The summed E-state index contributed by atoms with van der Waals surface area (Å²) in [6.07, 6.45) is -4.72. The maximum Gasteiger partial charge on any atom is 0.419 e. The zero-order chi connectivity index (χ0) is 16.4. The van der Waals surface area contributed by atoms with Crippen LogP contribution >= 0.6 is 0 Å². The van der Waals surface area contributed by atoms with E-state index in [0.29, 0.717) is 6.07 Å². The summed E-state index contributed by atoms with van der Waals surface area (Å²) in [4.78, 5) is 22.6. The number of carbonyl (C=O) groups is 2. The quantitative estimate of drug-likeness (QED) is 0.930. The van der Waals surface area contributed by atoms with Gasteiger partial charge in [-0.05, 0) is 18.2 Å². The van der Waals surface area contributed by atoms with Crippen molar-refractivity contribution in [3.63, 3.8) is 0 Å². The summed E-state index contributed by atoms with van der Waals surface area (Å²) in [5.74, 6) is -1.82. The predicted octanol–water partition coefficient (Wildman–Crippen LogP) is 2.80. The van der Waals surface area contributed by atoms with Gasteiger partial charge in [-0.25, -0.2) is 0 Å². The van der Waals surface area contributed by atoms with E-state index in [1.807, 2.05) is 0 Å². The number of rotatable bonds is 4. The van der Waals surface area contributed by atoms with Crippen molar-refractivity contribution in [2.24, 2.45) is 11.1 Å². The lowest BCUT2D eigenvalue weighted by molar-refractivity contribution is -0.140. The molecule has 0 saturated heterocycles. The van der Waals surface area contributed by atoms with E-state index in [1.165, 1.54) is 0 Å². The average molecular weight is 303 g/mol. The van der Waals surface area contributed by atoms with Crippen LogP contribution in [0, 0.1) is 5.41 Å². The molecular formula is C14H16F3NO3. The topological polar surface area (TPSA) is 69.4 Å². The van der Waals surface area contributed by atoms with E-state index in [4.69, 9.17) is 10.5 Å². The van der Waals surface area contributed by atoms with Crippen LogP contribution in [-0.2, 0) is 11.0 Å². The van der Waals surface area contributed by atoms with Crippen LogP contribution in [0.5, 0.6) is 5.75 Å². The normalized spacial score (nSPS) is 12.1. The van der Waals surface area contributed by atoms with Crippen LogP contribution in [0.25, 0.3) is 0 Å². The second-order valence-corrected chi connectivity index (χ2v) is 5.53. The lowest BCUT2D eigenvalue weighted by Gasteiger charge is -2.19. The van der Waals surface area contributed by atoms with Crippen LogP contribution in [-0.4, -0.2) is 18.3 Å². The van der Waals surface area contributed by atoms with E-state index < -0.39 is 35.4 Å². The summed E-state index contributed by atoms with van der Waals surface area (Å²) in [5.41, 5.74) is 2.82. The third-order valence-corrected chi connectivity index (χ3v) is 2.76. The van der Waals surface area contributed by atoms with Gasteiger partial charge >= 0.3 is 6.18 Å². The number of benzene rings is 1. The Labute approximate surface area is 120 Å². The van der Waals surface area contributed by atoms with Crippen molar-refractivity contribution in [3.8, 4) is 5.75 Å². The van der Waals surface area contributed by atoms with E-state index in [9.17, 15) is 22.8 Å². The smallest absolute Gasteiger partial charge is 0.419 e. The van der Waals surface area contributed by atoms with Gasteiger partial charge in [0.2, 0.25) is 5.91 Å². The molecule has 0 bridgehead atoms. The summed E-state index contributed by atoms with van der Waals surface area (Å²) in [5, 5.41) is 0. The molecule has 0 aliphatic heterocycles. The van der Waals surface area contributed by atoms with E-state index in [2.05, 4.69) is 0 Å². The Kier molecular flexibility index (Phi) is 4.65. The number of hydrogen-bond acceptors (Lipinski definition) is 3. The first kappa shape index (κ1) is 17.0. The number of amides is 1. The van der Waals surface area contributed by atoms with Crippen LogP contribution < -0.4 is 10.5 Å². The maximum atomic E-state index is 12.9. The first-order chi connectivity index (χ1) is 9.43. The van der Waals surface area contributed by atoms with Crippen molar-refractivity contribution in [1.82, 2.24) is 0 Å². The summed E-state index contributed by atoms with van der Waals surface area (Å²) in [6, 6.07) is 2.71. The van der Waals surface area contributed by atoms with Gasteiger partial charge in [-0.15, -0.1) is 0 Å². The van der Waals surface area contributed by atoms with Gasteiger partial charge in [-0.2, -0.15) is 13.2 Å².